The molecule has 0 aliphatic carbocycles. The molecule has 194 valence electrons. The number of carbonyl (C=O) groups excluding carboxylic acids is 4. The molecule has 4 atom stereocenters. The number of nitrogens with two attached hydrogens (primary N) is 2. The van der Waals surface area contributed by atoms with Crippen molar-refractivity contribution in [2.45, 2.75) is 71.1 Å². The Kier molecular flexibility index (Phi) is 11.9. The van der Waals surface area contributed by atoms with Crippen LogP contribution in [-0.4, -0.2) is 58.9 Å². The van der Waals surface area contributed by atoms with Gasteiger partial charge in [-0.05, 0) is 23.8 Å². The molecule has 0 saturated heterocycles. The first kappa shape index (κ1) is 29.6. The van der Waals surface area contributed by atoms with Gasteiger partial charge in [-0.15, -0.1) is 0 Å². The van der Waals surface area contributed by atoms with E-state index in [2.05, 4.69) is 16.0 Å². The van der Waals surface area contributed by atoms with Crippen molar-refractivity contribution in [3.05, 3.63) is 35.9 Å². The van der Waals surface area contributed by atoms with Crippen molar-refractivity contribution < 1.29 is 29.1 Å². The molecule has 0 fully saturated rings. The van der Waals surface area contributed by atoms with E-state index in [0.717, 1.165) is 5.56 Å². The highest BCUT2D eigenvalue weighted by Gasteiger charge is 2.31. The van der Waals surface area contributed by atoms with E-state index in [1.807, 2.05) is 6.07 Å². The van der Waals surface area contributed by atoms with E-state index in [9.17, 15) is 29.1 Å². The van der Waals surface area contributed by atoms with Crippen molar-refractivity contribution in [2.24, 2.45) is 23.3 Å². The summed E-state index contributed by atoms with van der Waals surface area (Å²) in [6.07, 6.45) is -0.238. The van der Waals surface area contributed by atoms with E-state index < -0.39 is 59.7 Å². The molecule has 11 nitrogen and oxygen atoms in total. The standard InChI is InChI=1S/C24H37N5O6/c1-13(2)19(26)23(33)28-17(12-15-8-6-5-7-9-15)22(32)27-16(10-11-18(25)30)21(31)29-20(14(3)4)24(34)35/h5-9,13-14,16-17,19-20H,10-12,26H2,1-4H3,(H2,25,30)(H,27,32)(H,28,33)(H,29,31)(H,34,35). The van der Waals surface area contributed by atoms with Gasteiger partial charge in [0.05, 0.1) is 6.04 Å². The van der Waals surface area contributed by atoms with Gasteiger partial charge in [0.15, 0.2) is 0 Å². The minimum absolute atomic E-state index is 0.122. The number of amides is 4. The van der Waals surface area contributed by atoms with Gasteiger partial charge in [-0.2, -0.15) is 0 Å². The number of benzene rings is 1. The van der Waals surface area contributed by atoms with Gasteiger partial charge >= 0.3 is 5.97 Å². The SMILES string of the molecule is CC(C)C(N)C(=O)NC(Cc1ccccc1)C(=O)NC(CCC(N)=O)C(=O)NC(C(=O)O)C(C)C. The van der Waals surface area contributed by atoms with Crippen LogP contribution in [0.4, 0.5) is 0 Å². The molecule has 0 aliphatic rings. The molecule has 11 heteroatoms. The average Bonchev–Trinajstić information content (AvgIpc) is 2.78. The first-order valence-electron chi connectivity index (χ1n) is 11.5. The molecule has 0 radical (unpaired) electrons. The Balaban J connectivity index is 3.14. The molecule has 0 aliphatic heterocycles. The quantitative estimate of drug-likeness (QED) is 0.205. The number of hydrogen-bond donors (Lipinski definition) is 6. The Morgan fingerprint density at radius 3 is 1.86 bits per heavy atom. The highest BCUT2D eigenvalue weighted by molar-refractivity contribution is 5.94. The highest BCUT2D eigenvalue weighted by atomic mass is 16.4. The number of carboxylic acid groups (broad SMARTS) is 1. The number of carboxylic acids is 1. The lowest BCUT2D eigenvalue weighted by Gasteiger charge is -2.26. The number of carbonyl (C=O) groups is 5. The van der Waals surface area contributed by atoms with Crippen LogP contribution in [0.3, 0.4) is 0 Å². The zero-order valence-electron chi connectivity index (χ0n) is 20.6. The topological polar surface area (TPSA) is 194 Å². The molecule has 1 aromatic rings. The fourth-order valence-corrected chi connectivity index (χ4v) is 3.22. The zero-order chi connectivity index (χ0) is 26.7. The van der Waals surface area contributed by atoms with Gasteiger partial charge in [0.2, 0.25) is 23.6 Å². The molecule has 1 rings (SSSR count). The molecule has 8 N–H and O–H groups in total. The summed E-state index contributed by atoms with van der Waals surface area (Å²) in [5.41, 5.74) is 11.9. The van der Waals surface area contributed by atoms with Crippen molar-refractivity contribution in [1.82, 2.24) is 16.0 Å². The molecule has 0 bridgehead atoms. The number of hydrogen-bond acceptors (Lipinski definition) is 6. The number of primary amides is 1. The number of aliphatic carboxylic acids is 1. The average molecular weight is 492 g/mol. The van der Waals surface area contributed by atoms with Crippen LogP contribution in [0.25, 0.3) is 0 Å². The molecule has 4 amide bonds. The van der Waals surface area contributed by atoms with Crippen LogP contribution >= 0.6 is 0 Å². The van der Waals surface area contributed by atoms with Gasteiger partial charge in [-0.25, -0.2) is 4.79 Å². The molecule has 0 spiro atoms. The molecule has 0 saturated carbocycles. The van der Waals surface area contributed by atoms with Crippen molar-refractivity contribution in [1.29, 1.82) is 0 Å². The second-order valence-corrected chi connectivity index (χ2v) is 9.16. The largest absolute Gasteiger partial charge is 0.480 e. The molecular formula is C24H37N5O6. The summed E-state index contributed by atoms with van der Waals surface area (Å²) in [6, 6.07) is 4.59. The first-order chi connectivity index (χ1) is 16.3. The maximum Gasteiger partial charge on any atom is 0.326 e. The maximum absolute atomic E-state index is 13.2. The summed E-state index contributed by atoms with van der Waals surface area (Å²) in [5, 5.41) is 17.0. The highest BCUT2D eigenvalue weighted by Crippen LogP contribution is 2.08. The Hall–Kier alpha value is -3.47. The predicted molar refractivity (Wildman–Crippen MR) is 130 cm³/mol. The van der Waals surface area contributed by atoms with Crippen molar-refractivity contribution in [3.8, 4) is 0 Å². The molecule has 1 aromatic carbocycles. The monoisotopic (exact) mass is 491 g/mol. The van der Waals surface area contributed by atoms with Crippen LogP contribution in [0.5, 0.6) is 0 Å². The third-order valence-corrected chi connectivity index (χ3v) is 5.48. The van der Waals surface area contributed by atoms with Crippen LogP contribution < -0.4 is 27.4 Å². The minimum Gasteiger partial charge on any atom is -0.480 e. The fourth-order valence-electron chi connectivity index (χ4n) is 3.22. The lowest BCUT2D eigenvalue weighted by molar-refractivity contribution is -0.143. The Labute approximate surface area is 205 Å². The first-order valence-corrected chi connectivity index (χ1v) is 11.5. The third kappa shape index (κ3) is 10.1. The molecular weight excluding hydrogens is 454 g/mol. The van der Waals surface area contributed by atoms with Crippen LogP contribution in [0.2, 0.25) is 0 Å². The smallest absolute Gasteiger partial charge is 0.326 e. The van der Waals surface area contributed by atoms with Crippen LogP contribution in [0, 0.1) is 11.8 Å². The number of nitrogens with one attached hydrogen (secondary N) is 3. The predicted octanol–water partition coefficient (Wildman–Crippen LogP) is -0.327. The summed E-state index contributed by atoms with van der Waals surface area (Å²) >= 11 is 0. The van der Waals surface area contributed by atoms with E-state index in [4.69, 9.17) is 11.5 Å². The molecule has 0 aromatic heterocycles. The lowest BCUT2D eigenvalue weighted by atomic mass is 10.0. The molecule has 0 heterocycles. The Bertz CT molecular complexity index is 890. The summed E-state index contributed by atoms with van der Waals surface area (Å²) < 4.78 is 0. The van der Waals surface area contributed by atoms with Crippen LogP contribution in [0.15, 0.2) is 30.3 Å². The normalized spacial score (nSPS) is 14.5. The van der Waals surface area contributed by atoms with E-state index >= 15 is 0 Å². The van der Waals surface area contributed by atoms with Gasteiger partial charge < -0.3 is 32.5 Å². The number of rotatable bonds is 14. The summed E-state index contributed by atoms with van der Waals surface area (Å²) in [5.74, 6) is -4.50. The second kappa shape index (κ2) is 14.1. The van der Waals surface area contributed by atoms with Crippen molar-refractivity contribution >= 4 is 29.6 Å². The van der Waals surface area contributed by atoms with Gasteiger partial charge in [0.25, 0.3) is 0 Å². The van der Waals surface area contributed by atoms with E-state index in [0.29, 0.717) is 0 Å². The summed E-state index contributed by atoms with van der Waals surface area (Å²) in [7, 11) is 0. The van der Waals surface area contributed by atoms with E-state index in [1.54, 1.807) is 52.0 Å². The van der Waals surface area contributed by atoms with Crippen molar-refractivity contribution in [2.75, 3.05) is 0 Å². The fraction of sp³-hybridized carbons (Fsp3) is 0.542. The maximum atomic E-state index is 13.2. The Morgan fingerprint density at radius 2 is 1.37 bits per heavy atom. The second-order valence-electron chi connectivity index (χ2n) is 9.16. The van der Waals surface area contributed by atoms with Gasteiger partial charge in [0, 0.05) is 12.8 Å². The Morgan fingerprint density at radius 1 is 0.829 bits per heavy atom. The summed E-state index contributed by atoms with van der Waals surface area (Å²) in [6.45, 7) is 6.79. The summed E-state index contributed by atoms with van der Waals surface area (Å²) in [4.78, 5) is 61.5. The zero-order valence-corrected chi connectivity index (χ0v) is 20.6. The van der Waals surface area contributed by atoms with Gasteiger partial charge in [-0.1, -0.05) is 58.0 Å². The van der Waals surface area contributed by atoms with Crippen LogP contribution in [0.1, 0.15) is 46.1 Å². The van der Waals surface area contributed by atoms with Gasteiger partial charge in [-0.3, -0.25) is 19.2 Å². The van der Waals surface area contributed by atoms with E-state index in [1.165, 1.54) is 0 Å². The third-order valence-electron chi connectivity index (χ3n) is 5.48. The molecule has 4 unspecified atom stereocenters. The minimum atomic E-state index is -1.25. The molecule has 35 heavy (non-hydrogen) atoms. The lowest BCUT2D eigenvalue weighted by Crippen LogP contribution is -2.58. The van der Waals surface area contributed by atoms with Gasteiger partial charge in [0.1, 0.15) is 18.1 Å². The van der Waals surface area contributed by atoms with E-state index in [-0.39, 0.29) is 25.2 Å². The van der Waals surface area contributed by atoms with Crippen molar-refractivity contribution in [3.63, 3.8) is 0 Å². The van der Waals surface area contributed by atoms with Crippen LogP contribution in [-0.2, 0) is 30.4 Å².